The molecule has 3 aliphatic rings. The van der Waals surface area contributed by atoms with Crippen molar-refractivity contribution in [3.8, 4) is 6.07 Å². The van der Waals surface area contributed by atoms with Gasteiger partial charge in [0.1, 0.15) is 24.3 Å². The minimum absolute atomic E-state index is 0.00267. The van der Waals surface area contributed by atoms with E-state index >= 15 is 0 Å². The van der Waals surface area contributed by atoms with E-state index in [4.69, 9.17) is 10.00 Å². The maximum Gasteiger partial charge on any atom is 0.248 e. The number of piperazine rings is 1. The zero-order valence-corrected chi connectivity index (χ0v) is 18.5. The smallest absolute Gasteiger partial charge is 0.248 e. The van der Waals surface area contributed by atoms with Crippen LogP contribution in [0.2, 0.25) is 0 Å². The lowest BCUT2D eigenvalue weighted by molar-refractivity contribution is -0.140. The molecule has 2 unspecified atom stereocenters. The summed E-state index contributed by atoms with van der Waals surface area (Å²) in [5.41, 5.74) is 0.776. The number of anilines is 1. The molecule has 3 fully saturated rings. The number of nitriles is 1. The highest BCUT2D eigenvalue weighted by molar-refractivity contribution is 9.10. The highest BCUT2D eigenvalue weighted by atomic mass is 79.9. The first kappa shape index (κ1) is 20.4. The van der Waals surface area contributed by atoms with Gasteiger partial charge in [-0.05, 0) is 61.6 Å². The van der Waals surface area contributed by atoms with Gasteiger partial charge in [0.05, 0.1) is 11.2 Å². The Morgan fingerprint density at radius 3 is 2.58 bits per heavy atom. The number of ether oxygens (including phenoxy) is 1. The van der Waals surface area contributed by atoms with E-state index in [0.29, 0.717) is 23.1 Å². The summed E-state index contributed by atoms with van der Waals surface area (Å²) in [6.07, 6.45) is 5.20. The van der Waals surface area contributed by atoms with Gasteiger partial charge in [-0.15, -0.1) is 0 Å². The molecule has 1 amide bonds. The zero-order valence-electron chi connectivity index (χ0n) is 16.9. The molecule has 2 bridgehead atoms. The van der Waals surface area contributed by atoms with Crippen molar-refractivity contribution in [3.05, 3.63) is 57.9 Å². The number of benzene rings is 1. The molecular formula is C23H22BrFN4O2. The van der Waals surface area contributed by atoms with Gasteiger partial charge in [-0.25, -0.2) is 9.37 Å². The van der Waals surface area contributed by atoms with E-state index in [9.17, 15) is 9.18 Å². The standard InChI is InChI=1S/C23H22BrFN4O2/c24-17-7-16(8-18(25)9-17)23(5-6-23)31-14-22(30)28-12-19-2-3-20(13-28)29(19)21-4-1-15(10-26)11-27-21/h1,4,7-9,11,19-20H,2-3,5-6,12-14H2. The second kappa shape index (κ2) is 7.88. The number of amides is 1. The van der Waals surface area contributed by atoms with Crippen molar-refractivity contribution in [2.45, 2.75) is 43.4 Å². The third-order valence-corrected chi connectivity index (χ3v) is 7.00. The molecule has 31 heavy (non-hydrogen) atoms. The third kappa shape index (κ3) is 3.92. The Labute approximate surface area is 188 Å². The van der Waals surface area contributed by atoms with Gasteiger partial charge in [0.2, 0.25) is 5.91 Å². The molecule has 1 aromatic carbocycles. The van der Waals surface area contributed by atoms with Crippen molar-refractivity contribution in [1.82, 2.24) is 9.88 Å². The molecule has 1 aliphatic carbocycles. The molecule has 6 nitrogen and oxygen atoms in total. The van der Waals surface area contributed by atoms with Crippen LogP contribution in [-0.2, 0) is 15.1 Å². The van der Waals surface area contributed by atoms with Crippen molar-refractivity contribution < 1.29 is 13.9 Å². The van der Waals surface area contributed by atoms with E-state index in [-0.39, 0.29) is 30.4 Å². The number of halogens is 2. The Kier molecular flexibility index (Phi) is 5.19. The van der Waals surface area contributed by atoms with E-state index in [0.717, 1.165) is 37.1 Å². The Morgan fingerprint density at radius 1 is 1.26 bits per heavy atom. The van der Waals surface area contributed by atoms with Crippen LogP contribution in [-0.4, -0.2) is 47.6 Å². The number of fused-ring (bicyclic) bond motifs is 2. The first-order valence-electron chi connectivity index (χ1n) is 10.5. The van der Waals surface area contributed by atoms with Crippen molar-refractivity contribution in [2.24, 2.45) is 0 Å². The number of likely N-dealkylation sites (tertiary alicyclic amines) is 1. The fraction of sp³-hybridized carbons (Fsp3) is 0.435. The number of rotatable bonds is 5. The fourth-order valence-electron chi connectivity index (χ4n) is 4.82. The predicted molar refractivity (Wildman–Crippen MR) is 116 cm³/mol. The molecule has 2 aromatic rings. The van der Waals surface area contributed by atoms with Crippen molar-refractivity contribution in [1.29, 1.82) is 5.26 Å². The summed E-state index contributed by atoms with van der Waals surface area (Å²) in [6.45, 7) is 1.28. The van der Waals surface area contributed by atoms with Gasteiger partial charge < -0.3 is 14.5 Å². The molecule has 1 saturated carbocycles. The second-order valence-electron chi connectivity index (χ2n) is 8.55. The summed E-state index contributed by atoms with van der Waals surface area (Å²) in [7, 11) is 0. The molecule has 8 heteroatoms. The number of hydrogen-bond donors (Lipinski definition) is 0. The maximum absolute atomic E-state index is 13.8. The van der Waals surface area contributed by atoms with Crippen LogP contribution in [0.5, 0.6) is 0 Å². The Bertz CT molecular complexity index is 1020. The summed E-state index contributed by atoms with van der Waals surface area (Å²) >= 11 is 3.33. The molecule has 0 N–H and O–H groups in total. The van der Waals surface area contributed by atoms with Crippen molar-refractivity contribution in [2.75, 3.05) is 24.6 Å². The molecule has 3 heterocycles. The first-order valence-corrected chi connectivity index (χ1v) is 11.3. The molecule has 2 atom stereocenters. The summed E-state index contributed by atoms with van der Waals surface area (Å²) in [6, 6.07) is 11.0. The van der Waals surface area contributed by atoms with Crippen molar-refractivity contribution in [3.63, 3.8) is 0 Å². The average molecular weight is 485 g/mol. The number of hydrogen-bond acceptors (Lipinski definition) is 5. The molecule has 1 aromatic heterocycles. The number of pyridine rings is 1. The fourth-order valence-corrected chi connectivity index (χ4v) is 5.29. The molecule has 2 saturated heterocycles. The van der Waals surface area contributed by atoms with Crippen molar-refractivity contribution >= 4 is 27.7 Å². The SMILES string of the molecule is N#Cc1ccc(N2C3CCC2CN(C(=O)COC2(c4cc(F)cc(Br)c4)CC2)C3)nc1. The Balaban J connectivity index is 1.22. The number of carbonyl (C=O) groups is 1. The van der Waals surface area contributed by atoms with Gasteiger partial charge in [-0.1, -0.05) is 15.9 Å². The minimum atomic E-state index is -0.548. The van der Waals surface area contributed by atoms with Gasteiger partial charge >= 0.3 is 0 Å². The van der Waals surface area contributed by atoms with Gasteiger partial charge in [0, 0.05) is 35.8 Å². The van der Waals surface area contributed by atoms with Crippen LogP contribution in [0.1, 0.15) is 36.8 Å². The topological polar surface area (TPSA) is 69.5 Å². The third-order valence-electron chi connectivity index (χ3n) is 6.54. The largest absolute Gasteiger partial charge is 0.360 e. The van der Waals surface area contributed by atoms with E-state index in [1.165, 1.54) is 12.1 Å². The normalized spacial score (nSPS) is 23.5. The monoisotopic (exact) mass is 484 g/mol. The van der Waals surface area contributed by atoms with E-state index in [2.05, 4.69) is 31.9 Å². The molecule has 5 rings (SSSR count). The lowest BCUT2D eigenvalue weighted by Crippen LogP contribution is -2.56. The first-order chi connectivity index (χ1) is 15.0. The summed E-state index contributed by atoms with van der Waals surface area (Å²) < 4.78 is 20.5. The maximum atomic E-state index is 13.8. The predicted octanol–water partition coefficient (Wildman–Crippen LogP) is 3.74. The van der Waals surface area contributed by atoms with Crippen LogP contribution < -0.4 is 4.90 Å². The van der Waals surface area contributed by atoms with Crippen LogP contribution in [0.3, 0.4) is 0 Å². The number of nitrogens with zero attached hydrogens (tertiary/aromatic N) is 4. The Hall–Kier alpha value is -2.50. The highest BCUT2D eigenvalue weighted by Gasteiger charge is 2.47. The summed E-state index contributed by atoms with van der Waals surface area (Å²) in [4.78, 5) is 21.6. The van der Waals surface area contributed by atoms with Crippen LogP contribution in [0.25, 0.3) is 0 Å². The number of carbonyl (C=O) groups excluding carboxylic acids is 1. The summed E-state index contributed by atoms with van der Waals surface area (Å²) in [5.74, 6) is 0.532. The number of aromatic nitrogens is 1. The minimum Gasteiger partial charge on any atom is -0.360 e. The highest BCUT2D eigenvalue weighted by Crippen LogP contribution is 2.50. The van der Waals surface area contributed by atoms with Crippen LogP contribution in [0.4, 0.5) is 10.2 Å². The van der Waals surface area contributed by atoms with Gasteiger partial charge in [0.25, 0.3) is 0 Å². The molecular weight excluding hydrogens is 463 g/mol. The van der Waals surface area contributed by atoms with Gasteiger partial charge in [0.15, 0.2) is 0 Å². The van der Waals surface area contributed by atoms with Crippen LogP contribution in [0.15, 0.2) is 41.0 Å². The average Bonchev–Trinajstić information content (AvgIpc) is 3.51. The van der Waals surface area contributed by atoms with Gasteiger partial charge in [-0.2, -0.15) is 5.26 Å². The van der Waals surface area contributed by atoms with E-state index in [1.54, 1.807) is 12.3 Å². The quantitative estimate of drug-likeness (QED) is 0.646. The van der Waals surface area contributed by atoms with E-state index < -0.39 is 5.60 Å². The lowest BCUT2D eigenvalue weighted by Gasteiger charge is -2.41. The molecule has 0 spiro atoms. The zero-order chi connectivity index (χ0) is 21.6. The lowest BCUT2D eigenvalue weighted by atomic mass is 10.1. The van der Waals surface area contributed by atoms with E-state index in [1.807, 2.05) is 17.0 Å². The van der Waals surface area contributed by atoms with Crippen LogP contribution in [0, 0.1) is 17.1 Å². The summed E-state index contributed by atoms with van der Waals surface area (Å²) in [5, 5.41) is 8.98. The molecule has 160 valence electrons. The molecule has 0 radical (unpaired) electrons. The van der Waals surface area contributed by atoms with Crippen LogP contribution >= 0.6 is 15.9 Å². The van der Waals surface area contributed by atoms with Gasteiger partial charge in [-0.3, -0.25) is 4.79 Å². The Morgan fingerprint density at radius 2 is 2.00 bits per heavy atom. The molecule has 2 aliphatic heterocycles. The second-order valence-corrected chi connectivity index (χ2v) is 9.46.